The minimum absolute atomic E-state index is 0.00454. The first kappa shape index (κ1) is 18.9. The first-order valence-corrected chi connectivity index (χ1v) is 9.02. The summed E-state index contributed by atoms with van der Waals surface area (Å²) in [6, 6.07) is 5.45. The van der Waals surface area contributed by atoms with Gasteiger partial charge in [0, 0.05) is 29.0 Å². The van der Waals surface area contributed by atoms with Crippen LogP contribution in [0.1, 0.15) is 46.1 Å². The van der Waals surface area contributed by atoms with E-state index in [1.807, 2.05) is 19.1 Å². The first-order chi connectivity index (χ1) is 11.0. The molecule has 24 heavy (non-hydrogen) atoms. The van der Waals surface area contributed by atoms with Crippen molar-refractivity contribution in [3.8, 4) is 0 Å². The van der Waals surface area contributed by atoms with Crippen LogP contribution >= 0.6 is 15.9 Å². The van der Waals surface area contributed by atoms with E-state index in [1.54, 1.807) is 6.07 Å². The zero-order chi connectivity index (χ0) is 18.1. The van der Waals surface area contributed by atoms with E-state index in [2.05, 4.69) is 59.6 Å². The molecule has 0 bridgehead atoms. The lowest BCUT2D eigenvalue weighted by Crippen LogP contribution is -3.06. The maximum Gasteiger partial charge on any atom is 0.313 e. The number of carbonyl (C=O) groups excluding carboxylic acids is 2. The van der Waals surface area contributed by atoms with E-state index in [1.165, 1.54) is 0 Å². The average molecular weight is 397 g/mol. The minimum Gasteiger partial charge on any atom is -0.345 e. The van der Waals surface area contributed by atoms with Gasteiger partial charge in [-0.05, 0) is 58.4 Å². The van der Waals surface area contributed by atoms with Gasteiger partial charge in [-0.25, -0.2) is 0 Å². The fourth-order valence-electron chi connectivity index (χ4n) is 3.78. The molecular formula is C18H27BrN3O2+. The standard InChI is InChI=1S/C18H26BrN3O2/c1-11-8-12(6-7-14(11)19)20-15(23)16(24)21-13-9-17(2,3)22-18(4,5)10-13/h6-8,13,22H,9-10H2,1-5H3,(H,20,23)(H,21,24)/p+1. The summed E-state index contributed by atoms with van der Waals surface area (Å²) in [7, 11) is 0. The second-order valence-corrected chi connectivity index (χ2v) is 8.97. The Balaban J connectivity index is 1.98. The largest absolute Gasteiger partial charge is 0.345 e. The summed E-state index contributed by atoms with van der Waals surface area (Å²) in [6.07, 6.45) is 1.68. The van der Waals surface area contributed by atoms with Crippen LogP contribution in [0.3, 0.4) is 0 Å². The van der Waals surface area contributed by atoms with Crippen LogP contribution < -0.4 is 16.0 Å². The molecule has 2 rings (SSSR count). The van der Waals surface area contributed by atoms with Gasteiger partial charge in [0.2, 0.25) is 0 Å². The summed E-state index contributed by atoms with van der Waals surface area (Å²) in [6.45, 7) is 10.6. The molecule has 0 radical (unpaired) electrons. The Labute approximate surface area is 152 Å². The second kappa shape index (κ2) is 6.84. The van der Waals surface area contributed by atoms with Gasteiger partial charge in [-0.1, -0.05) is 15.9 Å². The van der Waals surface area contributed by atoms with Crippen LogP contribution in [0.2, 0.25) is 0 Å². The number of anilines is 1. The first-order valence-electron chi connectivity index (χ1n) is 8.22. The molecule has 0 unspecified atom stereocenters. The highest BCUT2D eigenvalue weighted by Crippen LogP contribution is 2.22. The molecule has 1 aliphatic rings. The van der Waals surface area contributed by atoms with Gasteiger partial charge in [0.1, 0.15) is 0 Å². The molecule has 1 aromatic carbocycles. The number of hydrogen-bond acceptors (Lipinski definition) is 2. The quantitative estimate of drug-likeness (QED) is 0.669. The summed E-state index contributed by atoms with van der Waals surface area (Å²) in [5.74, 6) is -1.20. The molecule has 4 N–H and O–H groups in total. The molecule has 1 heterocycles. The highest BCUT2D eigenvalue weighted by Gasteiger charge is 2.42. The molecule has 1 fully saturated rings. The number of piperidine rings is 1. The lowest BCUT2D eigenvalue weighted by molar-refractivity contribution is -0.787. The van der Waals surface area contributed by atoms with Crippen molar-refractivity contribution < 1.29 is 14.9 Å². The SMILES string of the molecule is Cc1cc(NC(=O)C(=O)NC2CC(C)(C)[NH2+]C(C)(C)C2)ccc1Br. The van der Waals surface area contributed by atoms with Gasteiger partial charge in [0.05, 0.1) is 11.1 Å². The third-order valence-corrected chi connectivity index (χ3v) is 5.17. The molecule has 1 saturated heterocycles. The number of quaternary nitrogens is 1. The predicted molar refractivity (Wildman–Crippen MR) is 98.8 cm³/mol. The summed E-state index contributed by atoms with van der Waals surface area (Å²) >= 11 is 3.42. The van der Waals surface area contributed by atoms with Crippen molar-refractivity contribution in [1.82, 2.24) is 5.32 Å². The predicted octanol–water partition coefficient (Wildman–Crippen LogP) is 2.10. The molecule has 0 saturated carbocycles. The molecule has 2 amide bonds. The van der Waals surface area contributed by atoms with E-state index in [0.717, 1.165) is 22.9 Å². The van der Waals surface area contributed by atoms with Crippen LogP contribution in [0.5, 0.6) is 0 Å². The molecule has 0 atom stereocenters. The zero-order valence-electron chi connectivity index (χ0n) is 15.0. The third kappa shape index (κ3) is 5.05. The molecule has 132 valence electrons. The number of aryl methyl sites for hydroxylation is 1. The Morgan fingerprint density at radius 1 is 1.12 bits per heavy atom. The molecular weight excluding hydrogens is 370 g/mol. The topological polar surface area (TPSA) is 74.8 Å². The Hall–Kier alpha value is -1.40. The Morgan fingerprint density at radius 2 is 1.71 bits per heavy atom. The normalized spacial score (nSPS) is 19.6. The summed E-state index contributed by atoms with van der Waals surface area (Å²) in [5, 5.41) is 7.90. The van der Waals surface area contributed by atoms with E-state index >= 15 is 0 Å². The van der Waals surface area contributed by atoms with Crippen molar-refractivity contribution in [3.63, 3.8) is 0 Å². The van der Waals surface area contributed by atoms with Gasteiger partial charge in [-0.15, -0.1) is 0 Å². The molecule has 6 heteroatoms. The summed E-state index contributed by atoms with van der Waals surface area (Å²) < 4.78 is 0.966. The van der Waals surface area contributed by atoms with E-state index in [4.69, 9.17) is 0 Å². The second-order valence-electron chi connectivity index (χ2n) is 8.12. The molecule has 5 nitrogen and oxygen atoms in total. The number of halogens is 1. The number of benzene rings is 1. The molecule has 1 aliphatic heterocycles. The van der Waals surface area contributed by atoms with E-state index < -0.39 is 11.8 Å². The Bertz CT molecular complexity index is 640. The smallest absolute Gasteiger partial charge is 0.313 e. The fourth-order valence-corrected chi connectivity index (χ4v) is 4.03. The van der Waals surface area contributed by atoms with Gasteiger partial charge in [0.15, 0.2) is 0 Å². The van der Waals surface area contributed by atoms with E-state index in [9.17, 15) is 9.59 Å². The zero-order valence-corrected chi connectivity index (χ0v) is 16.6. The number of nitrogens with two attached hydrogens (primary N) is 1. The van der Waals surface area contributed by atoms with Gasteiger partial charge in [-0.3, -0.25) is 9.59 Å². The maximum absolute atomic E-state index is 12.2. The minimum atomic E-state index is -0.623. The average Bonchev–Trinajstić information content (AvgIpc) is 2.39. The van der Waals surface area contributed by atoms with Gasteiger partial charge in [0.25, 0.3) is 0 Å². The number of amides is 2. The Morgan fingerprint density at radius 3 is 2.25 bits per heavy atom. The number of hydrogen-bond donors (Lipinski definition) is 3. The maximum atomic E-state index is 12.2. The van der Waals surface area contributed by atoms with Crippen LogP contribution in [0.15, 0.2) is 22.7 Å². The summed E-state index contributed by atoms with van der Waals surface area (Å²) in [5.41, 5.74) is 1.70. The van der Waals surface area contributed by atoms with Crippen LogP contribution in [-0.4, -0.2) is 28.9 Å². The van der Waals surface area contributed by atoms with Crippen molar-refractivity contribution in [2.75, 3.05) is 5.32 Å². The van der Waals surface area contributed by atoms with E-state index in [0.29, 0.717) is 5.69 Å². The van der Waals surface area contributed by atoms with Crippen molar-refractivity contribution in [3.05, 3.63) is 28.2 Å². The van der Waals surface area contributed by atoms with Gasteiger partial charge < -0.3 is 16.0 Å². The molecule has 0 spiro atoms. The molecule has 1 aromatic rings. The number of carbonyl (C=O) groups is 2. The molecule has 0 aromatic heterocycles. The van der Waals surface area contributed by atoms with Crippen LogP contribution in [0.25, 0.3) is 0 Å². The van der Waals surface area contributed by atoms with Crippen molar-refractivity contribution in [2.45, 2.75) is 64.6 Å². The number of nitrogens with one attached hydrogen (secondary N) is 2. The van der Waals surface area contributed by atoms with Crippen LogP contribution in [0.4, 0.5) is 5.69 Å². The fraction of sp³-hybridized carbons (Fsp3) is 0.556. The Kier molecular flexibility index (Phi) is 5.40. The number of rotatable bonds is 2. The van der Waals surface area contributed by atoms with Crippen molar-refractivity contribution in [2.24, 2.45) is 0 Å². The van der Waals surface area contributed by atoms with Gasteiger partial charge in [-0.2, -0.15) is 0 Å². The molecule has 0 aliphatic carbocycles. The van der Waals surface area contributed by atoms with Gasteiger partial charge >= 0.3 is 11.8 Å². The van der Waals surface area contributed by atoms with E-state index in [-0.39, 0.29) is 17.1 Å². The summed E-state index contributed by atoms with van der Waals surface area (Å²) in [4.78, 5) is 24.4. The van der Waals surface area contributed by atoms with Crippen molar-refractivity contribution in [1.29, 1.82) is 0 Å². The monoisotopic (exact) mass is 396 g/mol. The lowest BCUT2D eigenvalue weighted by Gasteiger charge is -2.43. The van der Waals surface area contributed by atoms with Crippen molar-refractivity contribution >= 4 is 33.4 Å². The lowest BCUT2D eigenvalue weighted by atomic mass is 9.79. The third-order valence-electron chi connectivity index (χ3n) is 4.28. The van der Waals surface area contributed by atoms with Crippen LogP contribution in [-0.2, 0) is 9.59 Å². The van der Waals surface area contributed by atoms with Crippen LogP contribution in [0, 0.1) is 6.92 Å². The highest BCUT2D eigenvalue weighted by atomic mass is 79.9. The highest BCUT2D eigenvalue weighted by molar-refractivity contribution is 9.10.